The number of hydrogen-bond acceptors (Lipinski definition) is 3. The highest BCUT2D eigenvalue weighted by molar-refractivity contribution is 4.77. The Morgan fingerprint density at radius 3 is 3.07 bits per heavy atom. The number of ether oxygens (including phenoxy) is 1. The molecule has 0 aromatic heterocycles. The van der Waals surface area contributed by atoms with Gasteiger partial charge in [0.1, 0.15) is 0 Å². The molecule has 1 atom stereocenters. The molecular formula is C11H24N2O. The molecule has 0 aromatic rings. The zero-order valence-electron chi connectivity index (χ0n) is 9.59. The predicted molar refractivity (Wildman–Crippen MR) is 59.6 cm³/mol. The molecule has 1 fully saturated rings. The van der Waals surface area contributed by atoms with Crippen LogP contribution in [0.3, 0.4) is 0 Å². The van der Waals surface area contributed by atoms with E-state index in [0.29, 0.717) is 6.04 Å². The predicted octanol–water partition coefficient (Wildman–Crippen LogP) is 1.10. The summed E-state index contributed by atoms with van der Waals surface area (Å²) in [6, 6.07) is 0.709. The van der Waals surface area contributed by atoms with Crippen LogP contribution in [-0.4, -0.2) is 50.8 Å². The van der Waals surface area contributed by atoms with E-state index >= 15 is 0 Å². The van der Waals surface area contributed by atoms with Gasteiger partial charge in [-0.1, -0.05) is 6.92 Å². The second-order valence-electron chi connectivity index (χ2n) is 4.09. The van der Waals surface area contributed by atoms with Gasteiger partial charge in [-0.2, -0.15) is 0 Å². The van der Waals surface area contributed by atoms with Gasteiger partial charge in [0.2, 0.25) is 0 Å². The molecular weight excluding hydrogens is 176 g/mol. The van der Waals surface area contributed by atoms with Gasteiger partial charge in [0.15, 0.2) is 0 Å². The van der Waals surface area contributed by atoms with Crippen molar-refractivity contribution in [2.24, 2.45) is 0 Å². The first kappa shape index (κ1) is 12.0. The molecule has 3 heteroatoms. The van der Waals surface area contributed by atoms with Crippen LogP contribution >= 0.6 is 0 Å². The number of methoxy groups -OCH3 is 1. The highest BCUT2D eigenvalue weighted by atomic mass is 16.5. The normalized spacial score (nSPS) is 24.0. The highest BCUT2D eigenvalue weighted by Crippen LogP contribution is 2.09. The molecule has 84 valence electrons. The molecule has 1 aliphatic rings. The lowest BCUT2D eigenvalue weighted by atomic mass is 10.1. The summed E-state index contributed by atoms with van der Waals surface area (Å²) in [4.78, 5) is 2.50. The van der Waals surface area contributed by atoms with Gasteiger partial charge in [0.05, 0.1) is 6.61 Å². The van der Waals surface area contributed by atoms with Gasteiger partial charge >= 0.3 is 0 Å². The molecule has 0 amide bonds. The quantitative estimate of drug-likeness (QED) is 0.695. The van der Waals surface area contributed by atoms with Crippen molar-refractivity contribution in [2.45, 2.75) is 32.2 Å². The Labute approximate surface area is 87.8 Å². The Morgan fingerprint density at radius 1 is 1.50 bits per heavy atom. The SMILES string of the molecule is CCCNC1CCCN(CCOC)C1. The van der Waals surface area contributed by atoms with Gasteiger partial charge in [-0.15, -0.1) is 0 Å². The maximum Gasteiger partial charge on any atom is 0.0589 e. The molecule has 1 unspecified atom stereocenters. The van der Waals surface area contributed by atoms with Crippen molar-refractivity contribution >= 4 is 0 Å². The number of nitrogens with one attached hydrogen (secondary N) is 1. The minimum Gasteiger partial charge on any atom is -0.383 e. The van der Waals surface area contributed by atoms with Crippen LogP contribution in [0.15, 0.2) is 0 Å². The van der Waals surface area contributed by atoms with Crippen LogP contribution < -0.4 is 5.32 Å². The van der Waals surface area contributed by atoms with Crippen molar-refractivity contribution in [1.29, 1.82) is 0 Å². The zero-order chi connectivity index (χ0) is 10.2. The van der Waals surface area contributed by atoms with Crippen molar-refractivity contribution in [3.05, 3.63) is 0 Å². The van der Waals surface area contributed by atoms with Crippen LogP contribution in [0.25, 0.3) is 0 Å². The summed E-state index contributed by atoms with van der Waals surface area (Å²) in [5, 5.41) is 3.60. The van der Waals surface area contributed by atoms with Crippen LogP contribution in [0.1, 0.15) is 26.2 Å². The lowest BCUT2D eigenvalue weighted by Gasteiger charge is -2.33. The number of likely N-dealkylation sites (tertiary alicyclic amines) is 1. The standard InChI is InChI=1S/C11H24N2O/c1-3-6-12-11-5-4-7-13(10-11)8-9-14-2/h11-12H,3-10H2,1-2H3. The molecule has 0 aromatic carbocycles. The summed E-state index contributed by atoms with van der Waals surface area (Å²) in [6.07, 6.45) is 3.89. The third-order valence-electron chi connectivity index (χ3n) is 2.80. The summed E-state index contributed by atoms with van der Waals surface area (Å²) in [5.74, 6) is 0. The molecule has 1 N–H and O–H groups in total. The minimum absolute atomic E-state index is 0.709. The van der Waals surface area contributed by atoms with Gasteiger partial charge in [-0.05, 0) is 32.4 Å². The fourth-order valence-electron chi connectivity index (χ4n) is 1.99. The monoisotopic (exact) mass is 200 g/mol. The molecule has 0 bridgehead atoms. The van der Waals surface area contributed by atoms with Gasteiger partial charge in [-0.3, -0.25) is 4.90 Å². The second kappa shape index (κ2) is 7.21. The van der Waals surface area contributed by atoms with E-state index in [1.54, 1.807) is 7.11 Å². The lowest BCUT2D eigenvalue weighted by molar-refractivity contribution is 0.123. The van der Waals surface area contributed by atoms with Crippen LogP contribution in [0.4, 0.5) is 0 Å². The van der Waals surface area contributed by atoms with Crippen LogP contribution in [-0.2, 0) is 4.74 Å². The summed E-state index contributed by atoms with van der Waals surface area (Å²) in [6.45, 7) is 7.76. The molecule has 1 rings (SSSR count). The summed E-state index contributed by atoms with van der Waals surface area (Å²) in [7, 11) is 1.77. The largest absolute Gasteiger partial charge is 0.383 e. The van der Waals surface area contributed by atoms with E-state index < -0.39 is 0 Å². The lowest BCUT2D eigenvalue weighted by Crippen LogP contribution is -2.46. The Hall–Kier alpha value is -0.120. The van der Waals surface area contributed by atoms with E-state index in [9.17, 15) is 0 Å². The van der Waals surface area contributed by atoms with Gasteiger partial charge in [0, 0.05) is 26.2 Å². The molecule has 0 aliphatic carbocycles. The molecule has 0 radical (unpaired) electrons. The molecule has 1 heterocycles. The number of nitrogens with zero attached hydrogens (tertiary/aromatic N) is 1. The van der Waals surface area contributed by atoms with Crippen molar-refractivity contribution in [3.63, 3.8) is 0 Å². The number of piperidine rings is 1. The fourth-order valence-corrected chi connectivity index (χ4v) is 1.99. The number of rotatable bonds is 6. The average Bonchev–Trinajstić information content (AvgIpc) is 2.24. The van der Waals surface area contributed by atoms with Crippen LogP contribution in [0.5, 0.6) is 0 Å². The van der Waals surface area contributed by atoms with E-state index in [1.807, 2.05) is 0 Å². The Balaban J connectivity index is 2.14. The highest BCUT2D eigenvalue weighted by Gasteiger charge is 2.18. The minimum atomic E-state index is 0.709. The van der Waals surface area contributed by atoms with Crippen LogP contribution in [0, 0.1) is 0 Å². The third-order valence-corrected chi connectivity index (χ3v) is 2.80. The van der Waals surface area contributed by atoms with Crippen LogP contribution in [0.2, 0.25) is 0 Å². The summed E-state index contributed by atoms with van der Waals surface area (Å²) in [5.41, 5.74) is 0. The summed E-state index contributed by atoms with van der Waals surface area (Å²) < 4.78 is 5.10. The van der Waals surface area contributed by atoms with Crippen molar-refractivity contribution in [1.82, 2.24) is 10.2 Å². The molecule has 1 saturated heterocycles. The van der Waals surface area contributed by atoms with Crippen molar-refractivity contribution in [3.8, 4) is 0 Å². The fraction of sp³-hybridized carbons (Fsp3) is 1.00. The summed E-state index contributed by atoms with van der Waals surface area (Å²) >= 11 is 0. The van der Waals surface area contributed by atoms with E-state index in [4.69, 9.17) is 4.74 Å². The topological polar surface area (TPSA) is 24.5 Å². The molecule has 0 spiro atoms. The zero-order valence-corrected chi connectivity index (χ0v) is 9.59. The van der Waals surface area contributed by atoms with E-state index in [0.717, 1.165) is 19.7 Å². The van der Waals surface area contributed by atoms with Gasteiger partial charge < -0.3 is 10.1 Å². The molecule has 14 heavy (non-hydrogen) atoms. The average molecular weight is 200 g/mol. The second-order valence-corrected chi connectivity index (χ2v) is 4.09. The Morgan fingerprint density at radius 2 is 2.36 bits per heavy atom. The maximum atomic E-state index is 5.10. The first-order valence-electron chi connectivity index (χ1n) is 5.81. The van der Waals surface area contributed by atoms with Crippen molar-refractivity contribution < 1.29 is 4.74 Å². The van der Waals surface area contributed by atoms with E-state index in [-0.39, 0.29) is 0 Å². The van der Waals surface area contributed by atoms with Crippen molar-refractivity contribution in [2.75, 3.05) is 39.9 Å². The van der Waals surface area contributed by atoms with E-state index in [2.05, 4.69) is 17.1 Å². The van der Waals surface area contributed by atoms with Gasteiger partial charge in [-0.25, -0.2) is 0 Å². The first-order chi connectivity index (χ1) is 6.86. The number of hydrogen-bond donors (Lipinski definition) is 1. The maximum absolute atomic E-state index is 5.10. The third kappa shape index (κ3) is 4.40. The molecule has 0 saturated carbocycles. The molecule has 3 nitrogen and oxygen atoms in total. The van der Waals surface area contributed by atoms with E-state index in [1.165, 1.54) is 32.4 Å². The van der Waals surface area contributed by atoms with Gasteiger partial charge in [0.25, 0.3) is 0 Å². The Bertz CT molecular complexity index is 127. The smallest absolute Gasteiger partial charge is 0.0589 e. The Kier molecular flexibility index (Phi) is 6.15. The first-order valence-corrected chi connectivity index (χ1v) is 5.81. The molecule has 1 aliphatic heterocycles.